The molecule has 3 rings (SSSR count). The van der Waals surface area contributed by atoms with E-state index in [2.05, 4.69) is 15.6 Å². The van der Waals surface area contributed by atoms with E-state index in [0.29, 0.717) is 6.54 Å². The zero-order valence-electron chi connectivity index (χ0n) is 16.8. The summed E-state index contributed by atoms with van der Waals surface area (Å²) in [4.78, 5) is 10.1. The Hall–Kier alpha value is -2.07. The lowest BCUT2D eigenvalue weighted by molar-refractivity contribution is 0.242. The first-order valence-electron chi connectivity index (χ1n) is 9.34. The molecule has 8 heteroatoms. The van der Waals surface area contributed by atoms with Crippen molar-refractivity contribution in [3.63, 3.8) is 0 Å². The molecule has 0 aliphatic heterocycles. The molecule has 3 aromatic rings. The number of furan rings is 1. The Morgan fingerprint density at radius 3 is 2.66 bits per heavy atom. The zero-order chi connectivity index (χ0) is 19.8. The fourth-order valence-electron chi connectivity index (χ4n) is 2.56. The SMILES string of the molecule is Cc1ncc(CN=C(NCCc2ccco2)Nc2ccc(OC(C)C)cc2)s1.I. The van der Waals surface area contributed by atoms with Crippen LogP contribution in [0.2, 0.25) is 0 Å². The molecular formula is C21H27IN4O2S. The molecule has 0 saturated carbocycles. The normalized spacial score (nSPS) is 11.2. The van der Waals surface area contributed by atoms with Crippen molar-refractivity contribution in [2.75, 3.05) is 11.9 Å². The highest BCUT2D eigenvalue weighted by Gasteiger charge is 2.04. The Bertz CT molecular complexity index is 876. The maximum Gasteiger partial charge on any atom is 0.196 e. The Kier molecular flexibility index (Phi) is 9.46. The van der Waals surface area contributed by atoms with Gasteiger partial charge in [0.15, 0.2) is 5.96 Å². The van der Waals surface area contributed by atoms with Crippen molar-refractivity contribution in [2.24, 2.45) is 4.99 Å². The van der Waals surface area contributed by atoms with Gasteiger partial charge in [0.1, 0.15) is 11.5 Å². The van der Waals surface area contributed by atoms with Crippen LogP contribution in [0, 0.1) is 6.92 Å². The van der Waals surface area contributed by atoms with E-state index in [0.717, 1.165) is 46.0 Å². The summed E-state index contributed by atoms with van der Waals surface area (Å²) in [6, 6.07) is 11.7. The number of benzene rings is 1. The Morgan fingerprint density at radius 2 is 2.03 bits per heavy atom. The highest BCUT2D eigenvalue weighted by Crippen LogP contribution is 2.17. The third kappa shape index (κ3) is 8.06. The Balaban J connectivity index is 0.00000300. The van der Waals surface area contributed by atoms with Gasteiger partial charge in [0.25, 0.3) is 0 Å². The molecule has 0 fully saturated rings. The summed E-state index contributed by atoms with van der Waals surface area (Å²) >= 11 is 1.66. The van der Waals surface area contributed by atoms with Crippen molar-refractivity contribution in [3.05, 3.63) is 64.5 Å². The number of guanidine groups is 1. The van der Waals surface area contributed by atoms with E-state index in [1.54, 1.807) is 17.6 Å². The van der Waals surface area contributed by atoms with E-state index in [1.165, 1.54) is 0 Å². The quantitative estimate of drug-likeness (QED) is 0.238. The number of anilines is 1. The molecule has 0 saturated heterocycles. The number of nitrogens with zero attached hydrogens (tertiary/aromatic N) is 2. The van der Waals surface area contributed by atoms with Crippen LogP contribution in [0.15, 0.2) is 58.3 Å². The van der Waals surface area contributed by atoms with Gasteiger partial charge in [-0.2, -0.15) is 0 Å². The van der Waals surface area contributed by atoms with Gasteiger partial charge >= 0.3 is 0 Å². The molecule has 0 spiro atoms. The predicted octanol–water partition coefficient (Wildman–Crippen LogP) is 5.25. The summed E-state index contributed by atoms with van der Waals surface area (Å²) in [5.74, 6) is 2.51. The van der Waals surface area contributed by atoms with Crippen LogP contribution >= 0.6 is 35.3 Å². The second-order valence-electron chi connectivity index (χ2n) is 6.58. The van der Waals surface area contributed by atoms with Gasteiger partial charge in [-0.05, 0) is 57.2 Å². The summed E-state index contributed by atoms with van der Waals surface area (Å²) in [5, 5.41) is 7.76. The summed E-state index contributed by atoms with van der Waals surface area (Å²) in [6.07, 6.45) is 4.51. The van der Waals surface area contributed by atoms with Crippen LogP contribution in [-0.2, 0) is 13.0 Å². The molecule has 2 aromatic heterocycles. The molecule has 0 unspecified atom stereocenters. The number of nitrogens with one attached hydrogen (secondary N) is 2. The second-order valence-corrected chi connectivity index (χ2v) is 7.90. The van der Waals surface area contributed by atoms with E-state index >= 15 is 0 Å². The van der Waals surface area contributed by atoms with Crippen molar-refractivity contribution >= 4 is 47.0 Å². The number of halogens is 1. The minimum Gasteiger partial charge on any atom is -0.491 e. The molecule has 1 aromatic carbocycles. The molecule has 0 radical (unpaired) electrons. The van der Waals surface area contributed by atoms with Gasteiger partial charge in [0, 0.05) is 29.7 Å². The minimum absolute atomic E-state index is 0. The van der Waals surface area contributed by atoms with Gasteiger partial charge in [-0.25, -0.2) is 9.98 Å². The van der Waals surface area contributed by atoms with Crippen LogP contribution < -0.4 is 15.4 Å². The fraction of sp³-hybridized carbons (Fsp3) is 0.333. The number of aryl methyl sites for hydroxylation is 1. The third-order valence-corrected chi connectivity index (χ3v) is 4.69. The molecule has 0 aliphatic carbocycles. The molecule has 0 amide bonds. The average Bonchev–Trinajstić information content (AvgIpc) is 3.32. The lowest BCUT2D eigenvalue weighted by Gasteiger charge is -2.14. The average molecular weight is 526 g/mol. The molecule has 29 heavy (non-hydrogen) atoms. The molecule has 2 heterocycles. The van der Waals surface area contributed by atoms with Gasteiger partial charge < -0.3 is 19.8 Å². The van der Waals surface area contributed by atoms with Crippen LogP contribution in [0.4, 0.5) is 5.69 Å². The van der Waals surface area contributed by atoms with Crippen molar-refractivity contribution in [3.8, 4) is 5.75 Å². The number of aromatic nitrogens is 1. The van der Waals surface area contributed by atoms with E-state index < -0.39 is 0 Å². The summed E-state index contributed by atoms with van der Waals surface area (Å²) in [5.41, 5.74) is 0.945. The number of hydrogen-bond acceptors (Lipinski definition) is 5. The largest absolute Gasteiger partial charge is 0.491 e. The number of aliphatic imine (C=N–C) groups is 1. The van der Waals surface area contributed by atoms with Crippen molar-refractivity contribution in [1.82, 2.24) is 10.3 Å². The zero-order valence-corrected chi connectivity index (χ0v) is 20.0. The lowest BCUT2D eigenvalue weighted by Crippen LogP contribution is -2.32. The van der Waals surface area contributed by atoms with Gasteiger partial charge in [-0.1, -0.05) is 0 Å². The van der Waals surface area contributed by atoms with Crippen molar-refractivity contribution in [1.29, 1.82) is 0 Å². The van der Waals surface area contributed by atoms with Gasteiger partial charge in [0.2, 0.25) is 0 Å². The van der Waals surface area contributed by atoms with Crippen molar-refractivity contribution < 1.29 is 9.15 Å². The van der Waals surface area contributed by atoms with Crippen LogP contribution in [0.5, 0.6) is 5.75 Å². The molecule has 156 valence electrons. The van der Waals surface area contributed by atoms with E-state index in [-0.39, 0.29) is 30.1 Å². The number of ether oxygens (including phenoxy) is 1. The van der Waals surface area contributed by atoms with E-state index in [1.807, 2.05) is 63.4 Å². The first-order chi connectivity index (χ1) is 13.6. The third-order valence-electron chi connectivity index (χ3n) is 3.79. The van der Waals surface area contributed by atoms with Gasteiger partial charge in [0.05, 0.1) is 23.9 Å². The fourth-order valence-corrected chi connectivity index (χ4v) is 3.28. The summed E-state index contributed by atoms with van der Waals surface area (Å²) < 4.78 is 11.1. The second kappa shape index (κ2) is 11.8. The van der Waals surface area contributed by atoms with Crippen LogP contribution in [-0.4, -0.2) is 23.6 Å². The molecule has 6 nitrogen and oxygen atoms in total. The first kappa shape index (κ1) is 23.2. The van der Waals surface area contributed by atoms with Crippen LogP contribution in [0.25, 0.3) is 0 Å². The monoisotopic (exact) mass is 526 g/mol. The van der Waals surface area contributed by atoms with Gasteiger partial charge in [-0.3, -0.25) is 0 Å². The molecule has 0 aliphatic rings. The topological polar surface area (TPSA) is 71.7 Å². The standard InChI is InChI=1S/C21H26N4O2S.HI/c1-15(2)27-19-8-6-17(7-9-19)25-21(22-11-10-18-5-4-12-26-18)24-14-20-13-23-16(3)28-20;/h4-9,12-13,15H,10-11,14H2,1-3H3,(H2,22,24,25);1H. The number of hydrogen-bond donors (Lipinski definition) is 2. The van der Waals surface area contributed by atoms with Crippen LogP contribution in [0.3, 0.4) is 0 Å². The predicted molar refractivity (Wildman–Crippen MR) is 130 cm³/mol. The summed E-state index contributed by atoms with van der Waals surface area (Å²) in [6.45, 7) is 7.33. The highest BCUT2D eigenvalue weighted by atomic mass is 127. The minimum atomic E-state index is 0. The Morgan fingerprint density at radius 1 is 1.24 bits per heavy atom. The van der Waals surface area contributed by atoms with Crippen molar-refractivity contribution in [2.45, 2.75) is 39.8 Å². The Labute approximate surface area is 192 Å². The molecule has 0 bridgehead atoms. The van der Waals surface area contributed by atoms with E-state index in [4.69, 9.17) is 14.1 Å². The maximum absolute atomic E-state index is 5.70. The maximum atomic E-state index is 5.70. The van der Waals surface area contributed by atoms with Crippen LogP contribution in [0.1, 0.15) is 29.5 Å². The summed E-state index contributed by atoms with van der Waals surface area (Å²) in [7, 11) is 0. The number of rotatable bonds is 8. The number of thiazole rings is 1. The first-order valence-corrected chi connectivity index (χ1v) is 10.2. The molecule has 0 atom stereocenters. The highest BCUT2D eigenvalue weighted by molar-refractivity contribution is 14.0. The van der Waals surface area contributed by atoms with Gasteiger partial charge in [-0.15, -0.1) is 35.3 Å². The van der Waals surface area contributed by atoms with E-state index in [9.17, 15) is 0 Å². The lowest BCUT2D eigenvalue weighted by atomic mass is 10.3. The smallest absolute Gasteiger partial charge is 0.196 e. The molecular weight excluding hydrogens is 499 g/mol. The molecule has 2 N–H and O–H groups in total.